The summed E-state index contributed by atoms with van der Waals surface area (Å²) in [6, 6.07) is 9.76. The summed E-state index contributed by atoms with van der Waals surface area (Å²) in [5, 5.41) is 0. The highest BCUT2D eigenvalue weighted by molar-refractivity contribution is 7.94. The molecule has 1 atom stereocenters. The zero-order valence-electron chi connectivity index (χ0n) is 15.9. The van der Waals surface area contributed by atoms with Gasteiger partial charge < -0.3 is 0 Å². The summed E-state index contributed by atoms with van der Waals surface area (Å²) in [6.07, 6.45) is 0.384. The van der Waals surface area contributed by atoms with Crippen molar-refractivity contribution in [2.24, 2.45) is 5.92 Å². The lowest BCUT2D eigenvalue weighted by Gasteiger charge is -2.17. The summed E-state index contributed by atoms with van der Waals surface area (Å²) >= 11 is 0. The third kappa shape index (κ3) is 4.49. The van der Waals surface area contributed by atoms with Crippen LogP contribution in [0.3, 0.4) is 0 Å². The molecule has 0 saturated carbocycles. The first kappa shape index (κ1) is 21.4. The molecule has 1 unspecified atom stereocenters. The number of sulfonamides is 2. The van der Waals surface area contributed by atoms with Crippen LogP contribution in [-0.4, -0.2) is 35.0 Å². The van der Waals surface area contributed by atoms with Gasteiger partial charge in [0.05, 0.1) is 22.3 Å². The molecule has 29 heavy (non-hydrogen) atoms. The van der Waals surface area contributed by atoms with Crippen molar-refractivity contribution in [3.05, 3.63) is 59.4 Å². The average Bonchev–Trinajstić information content (AvgIpc) is 2.83. The molecule has 2 aromatic carbocycles. The van der Waals surface area contributed by atoms with Crippen LogP contribution in [0, 0.1) is 18.7 Å². The van der Waals surface area contributed by atoms with Gasteiger partial charge in [0.15, 0.2) is 0 Å². The normalized spacial score (nSPS) is 18.9. The Morgan fingerprint density at radius 1 is 1.17 bits per heavy atom. The largest absolute Gasteiger partial charge is 0.273 e. The van der Waals surface area contributed by atoms with Gasteiger partial charge in [-0.15, -0.1) is 0 Å². The van der Waals surface area contributed by atoms with Crippen molar-refractivity contribution in [2.45, 2.75) is 25.2 Å². The van der Waals surface area contributed by atoms with Gasteiger partial charge in [0.2, 0.25) is 26.0 Å². The van der Waals surface area contributed by atoms with Crippen LogP contribution in [0.25, 0.3) is 0 Å². The molecule has 156 valence electrons. The lowest BCUT2D eigenvalue weighted by atomic mass is 10.1. The van der Waals surface area contributed by atoms with Crippen molar-refractivity contribution >= 4 is 31.6 Å². The lowest BCUT2D eigenvalue weighted by Crippen LogP contribution is -2.30. The fraction of sp³-hybridized carbons (Fsp3) is 0.316. The predicted octanol–water partition coefficient (Wildman–Crippen LogP) is 1.97. The third-order valence-corrected chi connectivity index (χ3v) is 8.15. The summed E-state index contributed by atoms with van der Waals surface area (Å²) in [7, 11) is -7.60. The van der Waals surface area contributed by atoms with Crippen molar-refractivity contribution in [3.63, 3.8) is 0 Å². The van der Waals surface area contributed by atoms with Gasteiger partial charge in [-0.25, -0.2) is 30.3 Å². The van der Waals surface area contributed by atoms with Crippen molar-refractivity contribution < 1.29 is 26.0 Å². The Morgan fingerprint density at radius 2 is 1.83 bits per heavy atom. The van der Waals surface area contributed by atoms with Gasteiger partial charge >= 0.3 is 0 Å². The first-order valence-electron chi connectivity index (χ1n) is 8.93. The Kier molecular flexibility index (Phi) is 5.79. The number of carbonyl (C=O) groups is 1. The highest BCUT2D eigenvalue weighted by Gasteiger charge is 2.42. The van der Waals surface area contributed by atoms with E-state index in [0.29, 0.717) is 12.0 Å². The molecule has 0 bridgehead atoms. The molecule has 7 nitrogen and oxygen atoms in total. The van der Waals surface area contributed by atoms with Crippen molar-refractivity contribution in [1.82, 2.24) is 4.72 Å². The predicted molar refractivity (Wildman–Crippen MR) is 107 cm³/mol. The Bertz CT molecular complexity index is 1150. The van der Waals surface area contributed by atoms with Gasteiger partial charge in [0.25, 0.3) is 0 Å². The lowest BCUT2D eigenvalue weighted by molar-refractivity contribution is -0.119. The number of benzene rings is 2. The van der Waals surface area contributed by atoms with E-state index in [-0.39, 0.29) is 28.7 Å². The highest BCUT2D eigenvalue weighted by atomic mass is 32.2. The zero-order valence-corrected chi connectivity index (χ0v) is 17.6. The zero-order chi connectivity index (χ0) is 21.4. The van der Waals surface area contributed by atoms with E-state index in [1.807, 2.05) is 0 Å². The molecule has 0 spiro atoms. The van der Waals surface area contributed by atoms with Crippen LogP contribution in [0.5, 0.6) is 0 Å². The van der Waals surface area contributed by atoms with Crippen LogP contribution in [0.2, 0.25) is 0 Å². The summed E-state index contributed by atoms with van der Waals surface area (Å²) in [5.41, 5.74) is 1.23. The molecule has 0 aromatic heterocycles. The molecule has 2 aromatic rings. The van der Waals surface area contributed by atoms with Gasteiger partial charge in [-0.2, -0.15) is 0 Å². The number of nitrogens with zero attached hydrogens (tertiary/aromatic N) is 1. The number of hydrogen-bond acceptors (Lipinski definition) is 5. The number of nitrogens with one attached hydrogen (secondary N) is 1. The Hall–Kier alpha value is -2.30. The molecule has 10 heteroatoms. The summed E-state index contributed by atoms with van der Waals surface area (Å²) in [4.78, 5) is 12.2. The standard InChI is InChI=1S/C19H21FN2O5S2/c1-13-11-17(22-19(23)14(2)12-28(22,24)25)7-8-18(13)29(26,27)21-10-9-15-3-5-16(20)6-4-15/h3-8,11,14,21H,9-10,12H2,1-2H3. The van der Waals surface area contributed by atoms with E-state index >= 15 is 0 Å². The van der Waals surface area contributed by atoms with E-state index in [0.717, 1.165) is 9.87 Å². The molecule has 1 amide bonds. The second-order valence-corrected chi connectivity index (χ2v) is 10.6. The van der Waals surface area contributed by atoms with Gasteiger partial charge in [-0.3, -0.25) is 4.79 Å². The minimum Gasteiger partial charge on any atom is -0.273 e. The van der Waals surface area contributed by atoms with Crippen molar-refractivity contribution in [1.29, 1.82) is 0 Å². The fourth-order valence-electron chi connectivity index (χ4n) is 3.21. The van der Waals surface area contributed by atoms with Crippen LogP contribution < -0.4 is 9.03 Å². The van der Waals surface area contributed by atoms with E-state index in [1.165, 1.54) is 44.2 Å². The summed E-state index contributed by atoms with van der Waals surface area (Å²) < 4.78 is 65.8. The molecule has 1 aliphatic rings. The molecule has 3 rings (SSSR count). The molecule has 0 aliphatic carbocycles. The minimum atomic E-state index is -3.84. The Morgan fingerprint density at radius 3 is 2.38 bits per heavy atom. The van der Waals surface area contributed by atoms with Gasteiger partial charge in [-0.1, -0.05) is 19.1 Å². The number of anilines is 1. The van der Waals surface area contributed by atoms with Gasteiger partial charge in [0, 0.05) is 6.54 Å². The van der Waals surface area contributed by atoms with Crippen LogP contribution in [0.4, 0.5) is 10.1 Å². The maximum Gasteiger partial charge on any atom is 0.244 e. The van der Waals surface area contributed by atoms with E-state index in [2.05, 4.69) is 4.72 Å². The van der Waals surface area contributed by atoms with Crippen LogP contribution in [-0.2, 0) is 31.3 Å². The van der Waals surface area contributed by atoms with E-state index < -0.39 is 31.9 Å². The van der Waals surface area contributed by atoms with E-state index in [4.69, 9.17) is 0 Å². The van der Waals surface area contributed by atoms with E-state index in [1.54, 1.807) is 12.1 Å². The smallest absolute Gasteiger partial charge is 0.244 e. The number of aryl methyl sites for hydroxylation is 1. The van der Waals surface area contributed by atoms with Crippen molar-refractivity contribution in [2.75, 3.05) is 16.6 Å². The van der Waals surface area contributed by atoms with Gasteiger partial charge in [0.1, 0.15) is 5.82 Å². The molecule has 1 saturated heterocycles. The minimum absolute atomic E-state index is 0.00236. The molecular formula is C19H21FN2O5S2. The second kappa shape index (κ2) is 7.85. The molecular weight excluding hydrogens is 419 g/mol. The SMILES string of the molecule is Cc1cc(N2C(=O)C(C)CS2(=O)=O)ccc1S(=O)(=O)NCCc1ccc(F)cc1. The quantitative estimate of drug-likeness (QED) is 0.740. The molecule has 1 aliphatic heterocycles. The van der Waals surface area contributed by atoms with Crippen LogP contribution in [0.15, 0.2) is 47.4 Å². The summed E-state index contributed by atoms with van der Waals surface area (Å²) in [5.74, 6) is -1.80. The molecule has 0 radical (unpaired) electrons. The maximum absolute atomic E-state index is 12.9. The van der Waals surface area contributed by atoms with Gasteiger partial charge in [-0.05, 0) is 54.8 Å². The number of halogens is 1. The van der Waals surface area contributed by atoms with Crippen molar-refractivity contribution in [3.8, 4) is 0 Å². The summed E-state index contributed by atoms with van der Waals surface area (Å²) in [6.45, 7) is 3.19. The highest BCUT2D eigenvalue weighted by Crippen LogP contribution is 2.30. The number of amides is 1. The number of carbonyl (C=O) groups excluding carboxylic acids is 1. The van der Waals surface area contributed by atoms with Crippen LogP contribution >= 0.6 is 0 Å². The molecule has 1 heterocycles. The maximum atomic E-state index is 12.9. The molecule has 1 fully saturated rings. The van der Waals surface area contributed by atoms with Crippen LogP contribution in [0.1, 0.15) is 18.1 Å². The number of rotatable bonds is 6. The fourth-order valence-corrected chi connectivity index (χ4v) is 6.28. The average molecular weight is 441 g/mol. The third-order valence-electron chi connectivity index (χ3n) is 4.66. The first-order valence-corrected chi connectivity index (χ1v) is 12.0. The monoisotopic (exact) mass is 440 g/mol. The van der Waals surface area contributed by atoms with E-state index in [9.17, 15) is 26.0 Å². The molecule has 1 N–H and O–H groups in total. The number of hydrogen-bond donors (Lipinski definition) is 1. The second-order valence-electron chi connectivity index (χ2n) is 7.01. The first-order chi connectivity index (χ1) is 13.5. The topological polar surface area (TPSA) is 101 Å². The Labute approximate surface area is 169 Å². The Balaban J connectivity index is 1.77.